The molecular weight excluding hydrogens is 249 g/mol. The number of hydrogen-bond acceptors (Lipinski definition) is 7. The number of rotatable bonds is 4. The second-order valence-electron chi connectivity index (χ2n) is 2.50. The molecule has 3 unspecified atom stereocenters. The van der Waals surface area contributed by atoms with Crippen LogP contribution in [0.3, 0.4) is 0 Å². The molecule has 78 valence electrons. The molecule has 0 saturated heterocycles. The number of aliphatic hydroxyl groups is 3. The molecule has 0 aliphatic heterocycles. The van der Waals surface area contributed by atoms with Crippen molar-refractivity contribution in [2.45, 2.75) is 25.0 Å². The van der Waals surface area contributed by atoms with Gasteiger partial charge in [0.25, 0.3) is 0 Å². The van der Waals surface area contributed by atoms with Crippen LogP contribution >= 0.6 is 7.60 Å². The number of Topliss-reactive ketones (excluding diaryl/α,β-unsaturated/α-hetero) is 1. The molecule has 3 atom stereocenters. The van der Waals surface area contributed by atoms with Crippen molar-refractivity contribution in [2.24, 2.45) is 0 Å². The Kier molecular flexibility index (Phi) is 12.8. The molecule has 0 aromatic carbocycles. The fourth-order valence-corrected chi connectivity index (χ4v) is 1.13. The van der Waals surface area contributed by atoms with E-state index >= 15 is 0 Å². The van der Waals surface area contributed by atoms with Gasteiger partial charge in [-0.3, -0.25) is 4.79 Å². The van der Waals surface area contributed by atoms with Gasteiger partial charge in [-0.2, -0.15) is 0 Å². The van der Waals surface area contributed by atoms with Crippen molar-refractivity contribution in [3.05, 3.63) is 0 Å². The number of hydrogen-bond donors (Lipinski definition) is 3. The summed E-state index contributed by atoms with van der Waals surface area (Å²) >= 11 is 0. The molecule has 10 heteroatoms. The van der Waals surface area contributed by atoms with E-state index in [4.69, 9.17) is 15.3 Å². The Morgan fingerprint density at radius 1 is 1.20 bits per heavy atom. The van der Waals surface area contributed by atoms with Crippen LogP contribution in [0.4, 0.5) is 0 Å². The van der Waals surface area contributed by atoms with Crippen LogP contribution in [0, 0.1) is 0 Å². The van der Waals surface area contributed by atoms with Gasteiger partial charge in [-0.05, 0) is 14.5 Å². The van der Waals surface area contributed by atoms with Gasteiger partial charge in [-0.1, -0.05) is 0 Å². The summed E-state index contributed by atoms with van der Waals surface area (Å²) in [4.78, 5) is 30.7. The monoisotopic (exact) mass is 258 g/mol. The Labute approximate surface area is 131 Å². The van der Waals surface area contributed by atoms with Crippen LogP contribution < -0.4 is 68.9 Å². The number of carbonyl (C=O) groups is 1. The first-order valence-electron chi connectivity index (χ1n) is 3.24. The molecule has 15 heavy (non-hydrogen) atoms. The first kappa shape index (κ1) is 21.9. The Hall–Kier alpha value is 1.70. The molecule has 0 amide bonds. The molecule has 0 fully saturated rings. The van der Waals surface area contributed by atoms with Crippen molar-refractivity contribution < 1.29 is 93.6 Å². The Morgan fingerprint density at radius 3 is 1.73 bits per heavy atom. The van der Waals surface area contributed by atoms with E-state index in [0.29, 0.717) is 0 Å². The summed E-state index contributed by atoms with van der Waals surface area (Å²) in [5.41, 5.74) is 0. The molecule has 0 aromatic rings. The predicted octanol–water partition coefficient (Wildman–Crippen LogP) is -9.46. The maximum atomic E-state index is 10.4. The summed E-state index contributed by atoms with van der Waals surface area (Å²) in [5.74, 6) is -3.62. The van der Waals surface area contributed by atoms with Gasteiger partial charge in [-0.15, -0.1) is 0 Å². The number of ketones is 1. The molecule has 0 radical (unpaired) electrons. The van der Waals surface area contributed by atoms with Gasteiger partial charge in [0.15, 0.2) is 5.78 Å². The zero-order chi connectivity index (χ0) is 10.8. The van der Waals surface area contributed by atoms with Crippen molar-refractivity contribution in [3.63, 3.8) is 0 Å². The Balaban J connectivity index is -0.000000720. The second kappa shape index (κ2) is 8.74. The molecule has 0 heterocycles. The standard InChI is InChI=1S/C5H11O7P.2Na/c1-2(6)3(7)4(8)5(9)13(10,11)12;;/h3-5,7-9H,1H3,(H2,10,11,12);;/q;2*+1/p-2. The van der Waals surface area contributed by atoms with Crippen LogP contribution in [0.25, 0.3) is 0 Å². The third kappa shape index (κ3) is 7.59. The zero-order valence-corrected chi connectivity index (χ0v) is 13.5. The molecule has 0 bridgehead atoms. The summed E-state index contributed by atoms with van der Waals surface area (Å²) in [6, 6.07) is 0. The number of carbonyl (C=O) groups excluding carboxylic acids is 1. The SMILES string of the molecule is CC(=O)C(O)C(O)C(O)P(=O)([O-])[O-].[Na+].[Na+]. The van der Waals surface area contributed by atoms with Gasteiger partial charge in [0.1, 0.15) is 18.1 Å². The average Bonchev–Trinajstić information content (AvgIpc) is 1.98. The van der Waals surface area contributed by atoms with E-state index in [1.54, 1.807) is 0 Å². The fourth-order valence-electron chi connectivity index (χ4n) is 0.591. The van der Waals surface area contributed by atoms with E-state index in [9.17, 15) is 19.1 Å². The maximum Gasteiger partial charge on any atom is 1.00 e. The summed E-state index contributed by atoms with van der Waals surface area (Å²) in [5, 5.41) is 26.2. The minimum atomic E-state index is -5.41. The van der Waals surface area contributed by atoms with Gasteiger partial charge >= 0.3 is 59.1 Å². The molecule has 0 aliphatic carbocycles. The second-order valence-corrected chi connectivity index (χ2v) is 4.11. The molecular formula is C5H9Na2O7P. The van der Waals surface area contributed by atoms with Crippen molar-refractivity contribution >= 4 is 13.4 Å². The van der Waals surface area contributed by atoms with E-state index in [-0.39, 0.29) is 59.1 Å². The van der Waals surface area contributed by atoms with Crippen LogP contribution in [-0.4, -0.2) is 39.2 Å². The van der Waals surface area contributed by atoms with Crippen LogP contribution in [-0.2, 0) is 9.36 Å². The van der Waals surface area contributed by atoms with Gasteiger partial charge in [-0.25, -0.2) is 0 Å². The van der Waals surface area contributed by atoms with E-state index in [1.165, 1.54) is 0 Å². The molecule has 0 rings (SSSR count). The predicted molar refractivity (Wildman–Crippen MR) is 36.3 cm³/mol. The molecule has 0 aliphatic rings. The van der Waals surface area contributed by atoms with Crippen LogP contribution in [0.15, 0.2) is 0 Å². The van der Waals surface area contributed by atoms with Crippen LogP contribution in [0.5, 0.6) is 0 Å². The molecule has 7 nitrogen and oxygen atoms in total. The maximum absolute atomic E-state index is 10.4. The Morgan fingerprint density at radius 2 is 1.53 bits per heavy atom. The van der Waals surface area contributed by atoms with Crippen molar-refractivity contribution in [3.8, 4) is 0 Å². The summed E-state index contributed by atoms with van der Waals surface area (Å²) in [6.07, 6.45) is -4.38. The average molecular weight is 258 g/mol. The normalized spacial score (nSPS) is 16.7. The quantitative estimate of drug-likeness (QED) is 0.336. The third-order valence-corrected chi connectivity index (χ3v) is 2.32. The van der Waals surface area contributed by atoms with Gasteiger partial charge < -0.3 is 29.7 Å². The van der Waals surface area contributed by atoms with Crippen LogP contribution in [0.2, 0.25) is 0 Å². The summed E-state index contributed by atoms with van der Waals surface area (Å²) in [6.45, 7) is 0.876. The number of aliphatic hydroxyl groups excluding tert-OH is 3. The minimum Gasteiger partial charge on any atom is -0.809 e. The molecule has 0 saturated carbocycles. The van der Waals surface area contributed by atoms with Crippen molar-refractivity contribution in [1.29, 1.82) is 0 Å². The van der Waals surface area contributed by atoms with E-state index < -0.39 is 31.4 Å². The van der Waals surface area contributed by atoms with Crippen molar-refractivity contribution in [1.82, 2.24) is 0 Å². The third-order valence-electron chi connectivity index (χ3n) is 1.37. The Bertz CT molecular complexity index is 242. The fraction of sp³-hybridized carbons (Fsp3) is 0.800. The smallest absolute Gasteiger partial charge is 0.809 e. The van der Waals surface area contributed by atoms with E-state index in [2.05, 4.69) is 0 Å². The van der Waals surface area contributed by atoms with Gasteiger partial charge in [0.05, 0.1) is 0 Å². The largest absolute Gasteiger partial charge is 1.00 e. The topological polar surface area (TPSA) is 141 Å². The molecule has 0 aromatic heterocycles. The summed E-state index contributed by atoms with van der Waals surface area (Å²) < 4.78 is 10.1. The first-order chi connectivity index (χ1) is 5.68. The van der Waals surface area contributed by atoms with E-state index in [1.807, 2.05) is 0 Å². The first-order valence-corrected chi connectivity index (χ1v) is 4.85. The van der Waals surface area contributed by atoms with Crippen LogP contribution in [0.1, 0.15) is 6.92 Å². The molecule has 3 N–H and O–H groups in total. The molecule has 0 spiro atoms. The van der Waals surface area contributed by atoms with Gasteiger partial charge in [0, 0.05) is 0 Å². The minimum absolute atomic E-state index is 0. The van der Waals surface area contributed by atoms with Gasteiger partial charge in [0.2, 0.25) is 0 Å². The van der Waals surface area contributed by atoms with Crippen molar-refractivity contribution in [2.75, 3.05) is 0 Å². The summed E-state index contributed by atoms with van der Waals surface area (Å²) in [7, 11) is -5.41. The van der Waals surface area contributed by atoms with E-state index in [0.717, 1.165) is 6.92 Å². The zero-order valence-electron chi connectivity index (χ0n) is 8.65.